The van der Waals surface area contributed by atoms with Crippen molar-refractivity contribution in [1.29, 1.82) is 0 Å². The predicted octanol–water partition coefficient (Wildman–Crippen LogP) is 2.98. The SMILES string of the molecule is CCC1=C(C(=O)Nc2ccc3c(c2)NC(=O)CC3)CCCO1. The van der Waals surface area contributed by atoms with Crippen molar-refractivity contribution in [3.05, 3.63) is 35.1 Å². The zero-order valence-electron chi connectivity index (χ0n) is 12.7. The van der Waals surface area contributed by atoms with Crippen LogP contribution in [0, 0.1) is 0 Å². The number of carbonyl (C=O) groups excluding carboxylic acids is 2. The van der Waals surface area contributed by atoms with Crippen molar-refractivity contribution in [2.24, 2.45) is 0 Å². The van der Waals surface area contributed by atoms with E-state index in [0.29, 0.717) is 18.7 Å². The van der Waals surface area contributed by atoms with Gasteiger partial charge in [0, 0.05) is 24.2 Å². The van der Waals surface area contributed by atoms with Crippen molar-refractivity contribution in [1.82, 2.24) is 0 Å². The molecule has 3 rings (SSSR count). The average molecular weight is 300 g/mol. The van der Waals surface area contributed by atoms with Gasteiger partial charge in [-0.15, -0.1) is 0 Å². The summed E-state index contributed by atoms with van der Waals surface area (Å²) in [5, 5.41) is 5.76. The fourth-order valence-corrected chi connectivity index (χ4v) is 2.88. The first-order valence-electron chi connectivity index (χ1n) is 7.76. The largest absolute Gasteiger partial charge is 0.497 e. The minimum atomic E-state index is -0.112. The van der Waals surface area contributed by atoms with Crippen molar-refractivity contribution in [3.8, 4) is 0 Å². The second-order valence-corrected chi connectivity index (χ2v) is 5.58. The predicted molar refractivity (Wildman–Crippen MR) is 84.5 cm³/mol. The van der Waals surface area contributed by atoms with Gasteiger partial charge in [0.25, 0.3) is 5.91 Å². The van der Waals surface area contributed by atoms with Crippen LogP contribution in [0.15, 0.2) is 29.5 Å². The standard InChI is InChI=1S/C17H20N2O3/c1-2-15-13(4-3-9-22-15)17(21)18-12-7-5-11-6-8-16(20)19-14(11)10-12/h5,7,10H,2-4,6,8-9H2,1H3,(H,18,21)(H,19,20). The molecule has 5 heteroatoms. The molecule has 116 valence electrons. The lowest BCUT2D eigenvalue weighted by molar-refractivity contribution is -0.116. The molecule has 0 aromatic heterocycles. The summed E-state index contributed by atoms with van der Waals surface area (Å²) in [5.41, 5.74) is 3.32. The number of carbonyl (C=O) groups is 2. The monoisotopic (exact) mass is 300 g/mol. The van der Waals surface area contributed by atoms with Crippen LogP contribution < -0.4 is 10.6 Å². The number of benzene rings is 1. The Morgan fingerprint density at radius 1 is 1.32 bits per heavy atom. The van der Waals surface area contributed by atoms with Crippen molar-refractivity contribution >= 4 is 23.2 Å². The normalized spacial score (nSPS) is 17.4. The van der Waals surface area contributed by atoms with Gasteiger partial charge in [0.2, 0.25) is 5.91 Å². The molecule has 22 heavy (non-hydrogen) atoms. The maximum absolute atomic E-state index is 12.4. The summed E-state index contributed by atoms with van der Waals surface area (Å²) in [7, 11) is 0. The lowest BCUT2D eigenvalue weighted by Crippen LogP contribution is -2.21. The van der Waals surface area contributed by atoms with E-state index in [0.717, 1.165) is 48.3 Å². The highest BCUT2D eigenvalue weighted by molar-refractivity contribution is 6.04. The van der Waals surface area contributed by atoms with E-state index in [1.807, 2.05) is 25.1 Å². The van der Waals surface area contributed by atoms with Crippen LogP contribution in [0.4, 0.5) is 11.4 Å². The van der Waals surface area contributed by atoms with Gasteiger partial charge in [-0.1, -0.05) is 13.0 Å². The Balaban J connectivity index is 1.78. The third-order valence-electron chi connectivity index (χ3n) is 4.04. The average Bonchev–Trinajstić information content (AvgIpc) is 2.54. The number of hydrogen-bond acceptors (Lipinski definition) is 3. The summed E-state index contributed by atoms with van der Waals surface area (Å²) >= 11 is 0. The van der Waals surface area contributed by atoms with Crippen molar-refractivity contribution < 1.29 is 14.3 Å². The van der Waals surface area contributed by atoms with E-state index in [1.165, 1.54) is 0 Å². The molecule has 2 heterocycles. The smallest absolute Gasteiger partial charge is 0.254 e. The van der Waals surface area contributed by atoms with Crippen LogP contribution in [0.25, 0.3) is 0 Å². The first-order chi connectivity index (χ1) is 10.7. The van der Waals surface area contributed by atoms with Crippen LogP contribution in [-0.4, -0.2) is 18.4 Å². The van der Waals surface area contributed by atoms with E-state index < -0.39 is 0 Å². The number of rotatable bonds is 3. The van der Waals surface area contributed by atoms with Crippen LogP contribution in [0.2, 0.25) is 0 Å². The third kappa shape index (κ3) is 2.98. The Morgan fingerprint density at radius 3 is 3.00 bits per heavy atom. The summed E-state index contributed by atoms with van der Waals surface area (Å²) in [6.45, 7) is 2.67. The number of nitrogens with one attached hydrogen (secondary N) is 2. The van der Waals surface area contributed by atoms with E-state index in [9.17, 15) is 9.59 Å². The molecule has 0 saturated carbocycles. The third-order valence-corrected chi connectivity index (χ3v) is 4.04. The molecular weight excluding hydrogens is 280 g/mol. The van der Waals surface area contributed by atoms with Crippen LogP contribution in [-0.2, 0) is 20.7 Å². The van der Waals surface area contributed by atoms with Gasteiger partial charge in [-0.25, -0.2) is 0 Å². The van der Waals surface area contributed by atoms with Crippen molar-refractivity contribution in [2.75, 3.05) is 17.2 Å². The highest BCUT2D eigenvalue weighted by Gasteiger charge is 2.20. The van der Waals surface area contributed by atoms with Gasteiger partial charge in [0.05, 0.1) is 12.2 Å². The van der Waals surface area contributed by atoms with Crippen molar-refractivity contribution in [3.63, 3.8) is 0 Å². The molecular formula is C17H20N2O3. The number of amides is 2. The Kier molecular flexibility index (Phi) is 4.13. The minimum Gasteiger partial charge on any atom is -0.497 e. The van der Waals surface area contributed by atoms with Crippen LogP contribution in [0.5, 0.6) is 0 Å². The van der Waals surface area contributed by atoms with E-state index >= 15 is 0 Å². The molecule has 0 radical (unpaired) electrons. The second-order valence-electron chi connectivity index (χ2n) is 5.58. The zero-order chi connectivity index (χ0) is 15.5. The molecule has 2 aliphatic rings. The summed E-state index contributed by atoms with van der Waals surface area (Å²) in [6, 6.07) is 5.65. The maximum Gasteiger partial charge on any atom is 0.254 e. The first kappa shape index (κ1) is 14.6. The van der Waals surface area contributed by atoms with Gasteiger partial charge in [-0.05, 0) is 37.0 Å². The number of aryl methyl sites for hydroxylation is 1. The summed E-state index contributed by atoms with van der Waals surface area (Å²) in [6.07, 6.45) is 3.60. The molecule has 0 saturated heterocycles. The van der Waals surface area contributed by atoms with E-state index in [4.69, 9.17) is 4.74 Å². The second kappa shape index (κ2) is 6.22. The molecule has 0 atom stereocenters. The molecule has 0 fully saturated rings. The van der Waals surface area contributed by atoms with E-state index in [2.05, 4.69) is 10.6 Å². The molecule has 2 N–H and O–H groups in total. The van der Waals surface area contributed by atoms with Gasteiger partial charge in [0.15, 0.2) is 0 Å². The Hall–Kier alpha value is -2.30. The molecule has 0 bridgehead atoms. The number of allylic oxidation sites excluding steroid dienone is 1. The van der Waals surface area contributed by atoms with Crippen LogP contribution in [0.3, 0.4) is 0 Å². The van der Waals surface area contributed by atoms with Gasteiger partial charge in [-0.3, -0.25) is 9.59 Å². The topological polar surface area (TPSA) is 67.4 Å². The minimum absolute atomic E-state index is 0.0210. The Labute approximate surface area is 129 Å². The molecule has 2 amide bonds. The highest BCUT2D eigenvalue weighted by Crippen LogP contribution is 2.27. The van der Waals surface area contributed by atoms with Gasteiger partial charge < -0.3 is 15.4 Å². The van der Waals surface area contributed by atoms with Crippen molar-refractivity contribution in [2.45, 2.75) is 39.0 Å². The molecule has 0 unspecified atom stereocenters. The lowest BCUT2D eigenvalue weighted by atomic mass is 10.0. The van der Waals surface area contributed by atoms with Crippen LogP contribution >= 0.6 is 0 Å². The summed E-state index contributed by atoms with van der Waals surface area (Å²) in [5.74, 6) is 0.696. The number of hydrogen-bond donors (Lipinski definition) is 2. The maximum atomic E-state index is 12.4. The quantitative estimate of drug-likeness (QED) is 0.901. The molecule has 0 aliphatic carbocycles. The number of ether oxygens (including phenoxy) is 1. The van der Waals surface area contributed by atoms with E-state index in [-0.39, 0.29) is 11.8 Å². The Morgan fingerprint density at radius 2 is 2.18 bits per heavy atom. The molecule has 5 nitrogen and oxygen atoms in total. The molecule has 2 aliphatic heterocycles. The number of anilines is 2. The zero-order valence-corrected chi connectivity index (χ0v) is 12.7. The van der Waals surface area contributed by atoms with E-state index in [1.54, 1.807) is 0 Å². The molecule has 1 aromatic rings. The number of fused-ring (bicyclic) bond motifs is 1. The Bertz CT molecular complexity index is 649. The van der Waals surface area contributed by atoms with Gasteiger partial charge in [0.1, 0.15) is 5.76 Å². The first-order valence-corrected chi connectivity index (χ1v) is 7.76. The molecule has 1 aromatic carbocycles. The van der Waals surface area contributed by atoms with Crippen LogP contribution in [0.1, 0.15) is 38.2 Å². The lowest BCUT2D eigenvalue weighted by Gasteiger charge is -2.21. The van der Waals surface area contributed by atoms with Gasteiger partial charge >= 0.3 is 0 Å². The molecule has 0 spiro atoms. The summed E-state index contributed by atoms with van der Waals surface area (Å²) < 4.78 is 5.56. The fraction of sp³-hybridized carbons (Fsp3) is 0.412. The fourth-order valence-electron chi connectivity index (χ4n) is 2.88. The highest BCUT2D eigenvalue weighted by atomic mass is 16.5. The summed E-state index contributed by atoms with van der Waals surface area (Å²) in [4.78, 5) is 23.9. The van der Waals surface area contributed by atoms with Gasteiger partial charge in [-0.2, -0.15) is 0 Å².